The fourth-order valence-corrected chi connectivity index (χ4v) is 4.11. The minimum atomic E-state index is -3.35. The van der Waals surface area contributed by atoms with E-state index >= 15 is 0 Å². The van der Waals surface area contributed by atoms with Crippen LogP contribution < -0.4 is 10.0 Å². The quantitative estimate of drug-likeness (QED) is 0.612. The van der Waals surface area contributed by atoms with Crippen LogP contribution in [0.2, 0.25) is 0 Å². The molecule has 21 heavy (non-hydrogen) atoms. The predicted octanol–water partition coefficient (Wildman–Crippen LogP) is 0.625. The van der Waals surface area contributed by atoms with Gasteiger partial charge < -0.3 is 10.2 Å². The molecular weight excluding hydrogens is 288 g/mol. The number of piperidine rings is 1. The molecule has 6 nitrogen and oxygen atoms in total. The summed E-state index contributed by atoms with van der Waals surface area (Å²) in [6.45, 7) is 7.04. The standard InChI is InChI=1S/C14H32N4O2S/c1-13(2)17(4)10-7-9-16-21(19,20)18-11-6-5-8-14(18)12-15-3/h13-16H,5-12H2,1-4H3. The first-order chi connectivity index (χ1) is 9.88. The third-order valence-electron chi connectivity index (χ3n) is 4.18. The van der Waals surface area contributed by atoms with Crippen molar-refractivity contribution in [3.05, 3.63) is 0 Å². The summed E-state index contributed by atoms with van der Waals surface area (Å²) >= 11 is 0. The Kier molecular flexibility index (Phi) is 8.12. The van der Waals surface area contributed by atoms with Crippen molar-refractivity contribution in [3.63, 3.8) is 0 Å². The summed E-state index contributed by atoms with van der Waals surface area (Å²) in [5.41, 5.74) is 0. The molecule has 0 amide bonds. The molecule has 0 saturated carbocycles. The molecular formula is C14H32N4O2S. The lowest BCUT2D eigenvalue weighted by atomic mass is 10.1. The summed E-state index contributed by atoms with van der Waals surface area (Å²) in [5.74, 6) is 0. The number of nitrogens with zero attached hydrogens (tertiary/aromatic N) is 2. The van der Waals surface area contributed by atoms with Gasteiger partial charge in [-0.1, -0.05) is 6.42 Å². The van der Waals surface area contributed by atoms with Crippen LogP contribution in [0.3, 0.4) is 0 Å². The van der Waals surface area contributed by atoms with E-state index in [-0.39, 0.29) is 6.04 Å². The first-order valence-electron chi connectivity index (χ1n) is 7.99. The Bertz CT molecular complexity index is 384. The Hall–Kier alpha value is -0.210. The van der Waals surface area contributed by atoms with E-state index in [1.807, 2.05) is 7.05 Å². The minimum absolute atomic E-state index is 0.0830. The van der Waals surface area contributed by atoms with Crippen LogP contribution in [-0.2, 0) is 10.2 Å². The zero-order valence-electron chi connectivity index (χ0n) is 13.9. The second-order valence-electron chi connectivity index (χ2n) is 6.15. The molecule has 1 saturated heterocycles. The van der Waals surface area contributed by atoms with E-state index in [0.717, 1.165) is 38.8 Å². The van der Waals surface area contributed by atoms with Gasteiger partial charge in [0, 0.05) is 31.7 Å². The van der Waals surface area contributed by atoms with Gasteiger partial charge in [0.1, 0.15) is 0 Å². The number of rotatable bonds is 9. The van der Waals surface area contributed by atoms with Crippen molar-refractivity contribution in [1.82, 2.24) is 19.2 Å². The average molecular weight is 321 g/mol. The highest BCUT2D eigenvalue weighted by Gasteiger charge is 2.31. The van der Waals surface area contributed by atoms with Gasteiger partial charge in [0.15, 0.2) is 0 Å². The SMILES string of the molecule is CNCC1CCCCN1S(=O)(=O)NCCCN(C)C(C)C. The molecule has 0 spiro atoms. The van der Waals surface area contributed by atoms with Crippen molar-refractivity contribution < 1.29 is 8.42 Å². The second kappa shape index (κ2) is 9.05. The lowest BCUT2D eigenvalue weighted by Crippen LogP contribution is -2.52. The van der Waals surface area contributed by atoms with E-state index in [4.69, 9.17) is 0 Å². The van der Waals surface area contributed by atoms with Gasteiger partial charge in [0.05, 0.1) is 0 Å². The van der Waals surface area contributed by atoms with Crippen molar-refractivity contribution >= 4 is 10.2 Å². The van der Waals surface area contributed by atoms with Gasteiger partial charge in [-0.25, -0.2) is 4.72 Å². The Balaban J connectivity index is 2.44. The van der Waals surface area contributed by atoms with E-state index in [2.05, 4.69) is 35.8 Å². The molecule has 1 atom stereocenters. The number of likely N-dealkylation sites (N-methyl/N-ethyl adjacent to an activating group) is 1. The second-order valence-corrected chi connectivity index (χ2v) is 7.85. The molecule has 126 valence electrons. The summed E-state index contributed by atoms with van der Waals surface area (Å²) in [5, 5.41) is 3.09. The first kappa shape index (κ1) is 18.8. The average Bonchev–Trinajstić information content (AvgIpc) is 2.44. The number of hydrogen-bond donors (Lipinski definition) is 2. The highest BCUT2D eigenvalue weighted by atomic mass is 32.2. The van der Waals surface area contributed by atoms with Gasteiger partial charge in [0.25, 0.3) is 10.2 Å². The number of nitrogens with one attached hydrogen (secondary N) is 2. The number of hydrogen-bond acceptors (Lipinski definition) is 4. The summed E-state index contributed by atoms with van der Waals surface area (Å²) in [6.07, 6.45) is 3.84. The molecule has 0 aromatic carbocycles. The molecule has 1 aliphatic heterocycles. The summed E-state index contributed by atoms with van der Waals surface area (Å²) < 4.78 is 29.2. The van der Waals surface area contributed by atoms with Gasteiger partial charge in [0.2, 0.25) is 0 Å². The summed E-state index contributed by atoms with van der Waals surface area (Å²) in [6, 6.07) is 0.572. The molecule has 1 heterocycles. The van der Waals surface area contributed by atoms with Crippen LogP contribution >= 0.6 is 0 Å². The normalized spacial score (nSPS) is 21.3. The Morgan fingerprint density at radius 3 is 2.67 bits per heavy atom. The molecule has 0 aromatic heterocycles. The van der Waals surface area contributed by atoms with E-state index < -0.39 is 10.2 Å². The topological polar surface area (TPSA) is 64.7 Å². The zero-order valence-corrected chi connectivity index (χ0v) is 14.7. The highest BCUT2D eigenvalue weighted by Crippen LogP contribution is 2.19. The van der Waals surface area contributed by atoms with Crippen molar-refractivity contribution in [3.8, 4) is 0 Å². The molecule has 1 unspecified atom stereocenters. The smallest absolute Gasteiger partial charge is 0.279 e. The molecule has 0 aliphatic carbocycles. The van der Waals surface area contributed by atoms with Crippen molar-refractivity contribution in [2.45, 2.75) is 51.6 Å². The van der Waals surface area contributed by atoms with Crippen LogP contribution in [0.4, 0.5) is 0 Å². The van der Waals surface area contributed by atoms with Gasteiger partial charge >= 0.3 is 0 Å². The van der Waals surface area contributed by atoms with E-state index in [9.17, 15) is 8.42 Å². The molecule has 1 fully saturated rings. The minimum Gasteiger partial charge on any atom is -0.318 e. The molecule has 0 bridgehead atoms. The molecule has 0 aromatic rings. The maximum Gasteiger partial charge on any atom is 0.279 e. The van der Waals surface area contributed by atoms with E-state index in [1.165, 1.54) is 0 Å². The van der Waals surface area contributed by atoms with Crippen molar-refractivity contribution in [2.24, 2.45) is 0 Å². The van der Waals surface area contributed by atoms with Crippen molar-refractivity contribution in [1.29, 1.82) is 0 Å². The van der Waals surface area contributed by atoms with Crippen LogP contribution in [0.15, 0.2) is 0 Å². The van der Waals surface area contributed by atoms with E-state index in [0.29, 0.717) is 19.1 Å². The first-order valence-corrected chi connectivity index (χ1v) is 9.43. The van der Waals surface area contributed by atoms with Crippen LogP contribution in [0, 0.1) is 0 Å². The lowest BCUT2D eigenvalue weighted by Gasteiger charge is -2.34. The van der Waals surface area contributed by atoms with Crippen molar-refractivity contribution in [2.75, 3.05) is 40.3 Å². The monoisotopic (exact) mass is 320 g/mol. The summed E-state index contributed by atoms with van der Waals surface area (Å²) in [4.78, 5) is 2.22. The molecule has 0 radical (unpaired) electrons. The maximum absolute atomic E-state index is 12.4. The molecule has 2 N–H and O–H groups in total. The third-order valence-corrected chi connectivity index (χ3v) is 5.84. The lowest BCUT2D eigenvalue weighted by molar-refractivity contribution is 0.244. The van der Waals surface area contributed by atoms with Gasteiger partial charge in [-0.2, -0.15) is 12.7 Å². The van der Waals surface area contributed by atoms with Crippen LogP contribution in [0.1, 0.15) is 39.5 Å². The Labute approximate surface area is 130 Å². The predicted molar refractivity (Wildman–Crippen MR) is 87.6 cm³/mol. The fourth-order valence-electron chi connectivity index (χ4n) is 2.60. The molecule has 7 heteroatoms. The van der Waals surface area contributed by atoms with Crippen LogP contribution in [0.25, 0.3) is 0 Å². The highest BCUT2D eigenvalue weighted by molar-refractivity contribution is 7.87. The summed E-state index contributed by atoms with van der Waals surface area (Å²) in [7, 11) is 0.584. The van der Waals surface area contributed by atoms with Gasteiger partial charge in [-0.15, -0.1) is 0 Å². The van der Waals surface area contributed by atoms with Crippen LogP contribution in [-0.4, -0.2) is 70.0 Å². The Morgan fingerprint density at radius 2 is 2.05 bits per heavy atom. The largest absolute Gasteiger partial charge is 0.318 e. The fraction of sp³-hybridized carbons (Fsp3) is 1.00. The maximum atomic E-state index is 12.4. The zero-order chi connectivity index (χ0) is 15.9. The molecule has 1 rings (SSSR count). The van der Waals surface area contributed by atoms with Gasteiger partial charge in [-0.3, -0.25) is 0 Å². The van der Waals surface area contributed by atoms with Crippen LogP contribution in [0.5, 0.6) is 0 Å². The third kappa shape index (κ3) is 6.20. The molecule has 1 aliphatic rings. The Morgan fingerprint density at radius 1 is 1.33 bits per heavy atom. The van der Waals surface area contributed by atoms with E-state index in [1.54, 1.807) is 4.31 Å². The van der Waals surface area contributed by atoms with Gasteiger partial charge in [-0.05, 0) is 53.8 Å².